The van der Waals surface area contributed by atoms with E-state index in [4.69, 9.17) is 19.9 Å². The average Bonchev–Trinajstić information content (AvgIpc) is 3.29. The van der Waals surface area contributed by atoms with Gasteiger partial charge in [-0.05, 0) is 109 Å². The molecular weight excluding hydrogens is 847 g/mol. The van der Waals surface area contributed by atoms with E-state index in [0.29, 0.717) is 49.9 Å². The summed E-state index contributed by atoms with van der Waals surface area (Å²) in [4.78, 5) is 91.6. The van der Waals surface area contributed by atoms with Crippen molar-refractivity contribution in [1.82, 2.24) is 21.3 Å². The number of amides is 5. The number of carbonyl (C=O) groups excluding carboxylic acids is 7. The lowest BCUT2D eigenvalue weighted by atomic mass is 10.1. The zero-order valence-electron chi connectivity index (χ0n) is 38.1. The molecule has 0 aliphatic carbocycles. The Kier molecular flexibility index (Phi) is 20.3. The maximum atomic E-state index is 14.1. The molecule has 0 radical (unpaired) electrons. The molecule has 0 unspecified atom stereocenters. The van der Waals surface area contributed by atoms with Crippen LogP contribution in [0.3, 0.4) is 0 Å². The lowest BCUT2D eigenvalue weighted by Crippen LogP contribution is -2.46. The number of primary amides is 1. The van der Waals surface area contributed by atoms with Crippen LogP contribution in [0.5, 0.6) is 11.5 Å². The highest BCUT2D eigenvalue weighted by Gasteiger charge is 2.27. The number of carbonyl (C=O) groups is 7. The van der Waals surface area contributed by atoms with E-state index in [9.17, 15) is 33.6 Å². The number of Topliss-reactive ketones (excluding diaryl/α,β-unsaturated/α-hetero) is 2. The summed E-state index contributed by atoms with van der Waals surface area (Å²) in [5.74, 6) is -2.35. The molecular formula is C49H61N7O10. The number of ether oxygens (including phenoxy) is 3. The van der Waals surface area contributed by atoms with Gasteiger partial charge in [0, 0.05) is 22.5 Å². The van der Waals surface area contributed by atoms with Crippen LogP contribution in [0.15, 0.2) is 97.1 Å². The van der Waals surface area contributed by atoms with Crippen molar-refractivity contribution in [2.24, 2.45) is 5.73 Å². The summed E-state index contributed by atoms with van der Waals surface area (Å²) in [6.45, 7) is 6.36. The number of ketones is 2. The smallest absolute Gasteiger partial charge is 0.408 e. The molecule has 4 rings (SSSR count). The molecule has 0 heterocycles. The highest BCUT2D eigenvalue weighted by Crippen LogP contribution is 2.25. The normalized spacial score (nSPS) is 11.9. The third-order valence-electron chi connectivity index (χ3n) is 10.0. The Labute approximate surface area is 385 Å². The van der Waals surface area contributed by atoms with E-state index < -0.39 is 47.4 Å². The molecule has 352 valence electrons. The van der Waals surface area contributed by atoms with Crippen LogP contribution in [0.4, 0.5) is 16.2 Å². The molecule has 5 amide bonds. The first-order valence-corrected chi connectivity index (χ1v) is 21.7. The summed E-state index contributed by atoms with van der Waals surface area (Å²) >= 11 is 0. The molecule has 17 heteroatoms. The van der Waals surface area contributed by atoms with E-state index in [1.807, 2.05) is 12.1 Å². The molecule has 0 fully saturated rings. The minimum atomic E-state index is -1.10. The van der Waals surface area contributed by atoms with E-state index in [1.165, 1.54) is 50.6 Å². The summed E-state index contributed by atoms with van der Waals surface area (Å²) in [6, 6.07) is 24.5. The number of benzene rings is 4. The maximum Gasteiger partial charge on any atom is 0.408 e. The standard InChI is InChI=1S/C49H61N7O10/c1-49(2,3)66-48(63)56-39(21-13-15-27-52-31-41(58)33-18-10-7-11-19-33)47(62)54-35-23-25-43(65-5)37(29-35)45(60)55-38(20-12-14-26-51-30-40(57)32-16-8-6-9-17-32)46(61)53-34-22-24-42(64-4)36(28-34)44(50)59/h6-11,16-19,22-25,28-29,38-39,51-52H,12-15,20-21,26-27,30-31H2,1-5H3,(H2,50,59)(H,53,61)(H,54,62)(H,55,60)(H,56,63)/t38-,39-/m0/s1. The van der Waals surface area contributed by atoms with Crippen LogP contribution < -0.4 is 47.1 Å². The zero-order chi connectivity index (χ0) is 48.1. The Hall–Kier alpha value is -7.11. The molecule has 0 saturated carbocycles. The van der Waals surface area contributed by atoms with Crippen molar-refractivity contribution in [3.63, 3.8) is 0 Å². The minimum absolute atomic E-state index is 0.00225. The second kappa shape index (κ2) is 26.0. The van der Waals surface area contributed by atoms with E-state index in [1.54, 1.807) is 69.3 Å². The fraction of sp³-hybridized carbons (Fsp3) is 0.367. The summed E-state index contributed by atoms with van der Waals surface area (Å²) in [6.07, 6.45) is 1.74. The van der Waals surface area contributed by atoms with Crippen LogP contribution in [0.1, 0.15) is 101 Å². The molecule has 66 heavy (non-hydrogen) atoms. The van der Waals surface area contributed by atoms with E-state index in [-0.39, 0.29) is 71.5 Å². The van der Waals surface area contributed by atoms with Gasteiger partial charge >= 0.3 is 6.09 Å². The molecule has 17 nitrogen and oxygen atoms in total. The predicted octanol–water partition coefficient (Wildman–Crippen LogP) is 5.66. The molecule has 0 aliphatic rings. The van der Waals surface area contributed by atoms with E-state index in [0.717, 1.165) is 0 Å². The Morgan fingerprint density at radius 1 is 0.576 bits per heavy atom. The number of anilines is 2. The van der Waals surface area contributed by atoms with E-state index >= 15 is 0 Å². The summed E-state index contributed by atoms with van der Waals surface area (Å²) in [7, 11) is 2.75. The predicted molar refractivity (Wildman–Crippen MR) is 251 cm³/mol. The molecule has 0 aromatic heterocycles. The Balaban J connectivity index is 1.45. The van der Waals surface area contributed by atoms with Crippen LogP contribution in [0.2, 0.25) is 0 Å². The first-order chi connectivity index (χ1) is 31.6. The molecule has 8 N–H and O–H groups in total. The van der Waals surface area contributed by atoms with Gasteiger partial charge in [0.15, 0.2) is 11.6 Å². The van der Waals surface area contributed by atoms with Crippen LogP contribution in [0, 0.1) is 0 Å². The van der Waals surface area contributed by atoms with Crippen molar-refractivity contribution in [1.29, 1.82) is 0 Å². The van der Waals surface area contributed by atoms with Gasteiger partial charge in [-0.15, -0.1) is 0 Å². The number of rotatable bonds is 26. The SMILES string of the molecule is COc1ccc(NC(=O)[C@H](CCCCNCC(=O)c2ccccc2)NC(=O)c2cc(NC(=O)[C@H](CCCCNCC(=O)c3ccccc3)NC(=O)OC(C)(C)C)ccc2OC)cc1C(N)=O. The van der Waals surface area contributed by atoms with Crippen molar-refractivity contribution < 1.29 is 47.8 Å². The van der Waals surface area contributed by atoms with Crippen molar-refractivity contribution in [3.05, 3.63) is 119 Å². The molecule has 0 spiro atoms. The highest BCUT2D eigenvalue weighted by atomic mass is 16.6. The van der Waals surface area contributed by atoms with Gasteiger partial charge in [-0.3, -0.25) is 28.8 Å². The monoisotopic (exact) mass is 907 g/mol. The zero-order valence-corrected chi connectivity index (χ0v) is 38.1. The summed E-state index contributed by atoms with van der Waals surface area (Å²) in [5.41, 5.74) is 6.40. The van der Waals surface area contributed by atoms with Crippen molar-refractivity contribution in [2.45, 2.75) is 77.0 Å². The first kappa shape index (κ1) is 51.5. The number of nitrogens with two attached hydrogens (primary N) is 1. The van der Waals surface area contributed by atoms with Crippen LogP contribution in [0.25, 0.3) is 0 Å². The summed E-state index contributed by atoms with van der Waals surface area (Å²) in [5, 5.41) is 17.2. The number of methoxy groups -OCH3 is 2. The lowest BCUT2D eigenvalue weighted by molar-refractivity contribution is -0.119. The lowest BCUT2D eigenvalue weighted by Gasteiger charge is -2.23. The number of alkyl carbamates (subject to hydrolysis) is 1. The average molecular weight is 908 g/mol. The van der Waals surface area contributed by atoms with Crippen LogP contribution in [-0.4, -0.2) is 99.4 Å². The quantitative estimate of drug-likeness (QED) is 0.0298. The van der Waals surface area contributed by atoms with Crippen LogP contribution >= 0.6 is 0 Å². The molecule has 4 aromatic carbocycles. The first-order valence-electron chi connectivity index (χ1n) is 21.7. The largest absolute Gasteiger partial charge is 0.496 e. The second-order valence-corrected chi connectivity index (χ2v) is 16.3. The van der Waals surface area contributed by atoms with Crippen molar-refractivity contribution >= 4 is 52.7 Å². The topological polar surface area (TPSA) is 245 Å². The van der Waals surface area contributed by atoms with E-state index in [2.05, 4.69) is 31.9 Å². The van der Waals surface area contributed by atoms with Gasteiger partial charge in [-0.2, -0.15) is 0 Å². The fourth-order valence-electron chi connectivity index (χ4n) is 6.68. The second-order valence-electron chi connectivity index (χ2n) is 16.3. The molecule has 4 aromatic rings. The number of hydrogen-bond donors (Lipinski definition) is 7. The number of nitrogens with one attached hydrogen (secondary N) is 6. The third-order valence-corrected chi connectivity index (χ3v) is 10.0. The van der Waals surface area contributed by atoms with Crippen molar-refractivity contribution in [2.75, 3.05) is 51.0 Å². The molecule has 0 bridgehead atoms. The van der Waals surface area contributed by atoms with Gasteiger partial charge in [0.25, 0.3) is 11.8 Å². The number of unbranched alkanes of at least 4 members (excludes halogenated alkanes) is 2. The Morgan fingerprint density at radius 2 is 1.02 bits per heavy atom. The Bertz CT molecular complexity index is 2280. The highest BCUT2D eigenvalue weighted by molar-refractivity contribution is 6.05. The third kappa shape index (κ3) is 17.1. The summed E-state index contributed by atoms with van der Waals surface area (Å²) < 4.78 is 16.2. The minimum Gasteiger partial charge on any atom is -0.496 e. The fourth-order valence-corrected chi connectivity index (χ4v) is 6.68. The van der Waals surface area contributed by atoms with Gasteiger partial charge in [0.2, 0.25) is 11.8 Å². The number of hydrogen-bond acceptors (Lipinski definition) is 12. The van der Waals surface area contributed by atoms with Gasteiger partial charge in [0.1, 0.15) is 29.2 Å². The van der Waals surface area contributed by atoms with Crippen LogP contribution in [-0.2, 0) is 14.3 Å². The van der Waals surface area contributed by atoms with Gasteiger partial charge in [-0.1, -0.05) is 60.7 Å². The molecule has 0 aliphatic heterocycles. The van der Waals surface area contributed by atoms with Gasteiger partial charge in [-0.25, -0.2) is 4.79 Å². The maximum absolute atomic E-state index is 14.1. The van der Waals surface area contributed by atoms with Crippen molar-refractivity contribution in [3.8, 4) is 11.5 Å². The molecule has 0 saturated heterocycles. The van der Waals surface area contributed by atoms with Gasteiger partial charge in [0.05, 0.1) is 38.4 Å². The van der Waals surface area contributed by atoms with Gasteiger partial charge < -0.3 is 51.8 Å². The Morgan fingerprint density at radius 3 is 1.45 bits per heavy atom. The molecule has 2 atom stereocenters.